The van der Waals surface area contributed by atoms with Gasteiger partial charge < -0.3 is 10.1 Å². The van der Waals surface area contributed by atoms with Crippen LogP contribution in [0.1, 0.15) is 23.2 Å². The smallest absolute Gasteiger partial charge is 0.251 e. The van der Waals surface area contributed by atoms with Gasteiger partial charge in [-0.15, -0.1) is 0 Å². The average Bonchev–Trinajstić information content (AvgIpc) is 2.99. The third-order valence-corrected chi connectivity index (χ3v) is 4.60. The summed E-state index contributed by atoms with van der Waals surface area (Å²) in [6.45, 7) is 1.07. The zero-order chi connectivity index (χ0) is 15.1. The van der Waals surface area contributed by atoms with Crippen LogP contribution in [0.15, 0.2) is 30.3 Å². The molecule has 0 radical (unpaired) electrons. The summed E-state index contributed by atoms with van der Waals surface area (Å²) in [4.78, 5) is 11.8. The highest BCUT2D eigenvalue weighted by molar-refractivity contribution is 7.89. The second kappa shape index (κ2) is 7.53. The van der Waals surface area contributed by atoms with Crippen LogP contribution in [0.25, 0.3) is 0 Å². The largest absolute Gasteiger partial charge is 0.377 e. The summed E-state index contributed by atoms with van der Waals surface area (Å²) in [7, 11) is -3.39. The minimum absolute atomic E-state index is 0.0290. The maximum atomic E-state index is 11.8. The minimum atomic E-state index is -3.39. The number of amides is 1. The molecule has 0 saturated carbocycles. The molecule has 7 heteroatoms. The highest BCUT2D eigenvalue weighted by Crippen LogP contribution is 2.10. The second-order valence-corrected chi connectivity index (χ2v) is 6.85. The first-order valence-corrected chi connectivity index (χ1v) is 8.64. The van der Waals surface area contributed by atoms with Crippen LogP contribution in [0.3, 0.4) is 0 Å². The molecule has 1 aliphatic rings. The van der Waals surface area contributed by atoms with Gasteiger partial charge in [0.2, 0.25) is 10.0 Å². The summed E-state index contributed by atoms with van der Waals surface area (Å²) in [6, 6.07) is 8.69. The molecule has 21 heavy (non-hydrogen) atoms. The van der Waals surface area contributed by atoms with Crippen molar-refractivity contribution in [2.45, 2.75) is 18.9 Å². The molecule has 1 aromatic carbocycles. The van der Waals surface area contributed by atoms with Crippen molar-refractivity contribution < 1.29 is 17.9 Å². The lowest BCUT2D eigenvalue weighted by Gasteiger charge is -2.11. The molecule has 0 unspecified atom stereocenters. The maximum Gasteiger partial charge on any atom is 0.251 e. The quantitative estimate of drug-likeness (QED) is 0.768. The van der Waals surface area contributed by atoms with Crippen molar-refractivity contribution in [3.8, 4) is 0 Å². The molecule has 0 aromatic heterocycles. The van der Waals surface area contributed by atoms with Gasteiger partial charge in [0.1, 0.15) is 0 Å². The molecule has 1 fully saturated rings. The molecule has 2 N–H and O–H groups in total. The normalized spacial score (nSPS) is 18.6. The number of sulfonamides is 1. The standard InChI is InChI=1S/C14H20N2O4S/c17-14(12-5-2-1-3-6-12)15-8-10-21(18,19)16-11-13-7-4-9-20-13/h1-3,5-6,13,16H,4,7-11H2,(H,15,17)/t13-/m0/s1. The van der Waals surface area contributed by atoms with E-state index in [-0.39, 0.29) is 24.3 Å². The van der Waals surface area contributed by atoms with Crippen molar-refractivity contribution in [3.63, 3.8) is 0 Å². The molecule has 1 aromatic rings. The van der Waals surface area contributed by atoms with Crippen LogP contribution < -0.4 is 10.0 Å². The Labute approximate surface area is 124 Å². The predicted molar refractivity (Wildman–Crippen MR) is 79.5 cm³/mol. The Hall–Kier alpha value is -1.44. The van der Waals surface area contributed by atoms with E-state index in [1.54, 1.807) is 24.3 Å². The molecule has 0 aliphatic carbocycles. The first-order chi connectivity index (χ1) is 10.1. The van der Waals surface area contributed by atoms with E-state index >= 15 is 0 Å². The number of carbonyl (C=O) groups is 1. The minimum Gasteiger partial charge on any atom is -0.377 e. The van der Waals surface area contributed by atoms with Gasteiger partial charge in [-0.05, 0) is 25.0 Å². The van der Waals surface area contributed by atoms with Crippen LogP contribution in [0, 0.1) is 0 Å². The molecule has 2 rings (SSSR count). The van der Waals surface area contributed by atoms with E-state index < -0.39 is 10.0 Å². The number of benzene rings is 1. The molecule has 1 aliphatic heterocycles. The van der Waals surface area contributed by atoms with Gasteiger partial charge in [-0.1, -0.05) is 18.2 Å². The summed E-state index contributed by atoms with van der Waals surface area (Å²) in [6.07, 6.45) is 1.82. The van der Waals surface area contributed by atoms with E-state index in [0.717, 1.165) is 12.8 Å². The molecule has 1 heterocycles. The van der Waals surface area contributed by atoms with Crippen molar-refractivity contribution in [1.82, 2.24) is 10.0 Å². The van der Waals surface area contributed by atoms with E-state index in [4.69, 9.17) is 4.74 Å². The summed E-state index contributed by atoms with van der Waals surface area (Å²) in [5.74, 6) is -0.414. The molecule has 116 valence electrons. The number of ether oxygens (including phenoxy) is 1. The fraction of sp³-hybridized carbons (Fsp3) is 0.500. The number of rotatable bonds is 7. The van der Waals surface area contributed by atoms with Crippen molar-refractivity contribution in [2.75, 3.05) is 25.4 Å². The number of hydrogen-bond acceptors (Lipinski definition) is 4. The van der Waals surface area contributed by atoms with E-state index in [1.807, 2.05) is 6.07 Å². The lowest BCUT2D eigenvalue weighted by molar-refractivity contribution is 0.0956. The zero-order valence-electron chi connectivity index (χ0n) is 11.7. The van der Waals surface area contributed by atoms with Gasteiger partial charge in [-0.2, -0.15) is 0 Å². The summed E-state index contributed by atoms with van der Waals surface area (Å²) in [5.41, 5.74) is 0.516. The van der Waals surface area contributed by atoms with E-state index in [9.17, 15) is 13.2 Å². The highest BCUT2D eigenvalue weighted by Gasteiger charge is 2.18. The Bertz CT molecular complexity index is 554. The van der Waals surface area contributed by atoms with Crippen LogP contribution in [-0.2, 0) is 14.8 Å². The van der Waals surface area contributed by atoms with Gasteiger partial charge in [0.15, 0.2) is 0 Å². The number of carbonyl (C=O) groups excluding carboxylic acids is 1. The Kier molecular flexibility index (Phi) is 5.72. The monoisotopic (exact) mass is 312 g/mol. The Morgan fingerprint density at radius 3 is 2.71 bits per heavy atom. The Balaban J connectivity index is 1.70. The Morgan fingerprint density at radius 1 is 1.29 bits per heavy atom. The maximum absolute atomic E-state index is 11.8. The summed E-state index contributed by atoms with van der Waals surface area (Å²) >= 11 is 0. The zero-order valence-corrected chi connectivity index (χ0v) is 12.6. The fourth-order valence-corrected chi connectivity index (χ4v) is 3.04. The van der Waals surface area contributed by atoms with Crippen LogP contribution >= 0.6 is 0 Å². The first kappa shape index (κ1) is 15.9. The molecular formula is C14H20N2O4S. The summed E-state index contributed by atoms with van der Waals surface area (Å²) in [5, 5.41) is 2.59. The highest BCUT2D eigenvalue weighted by atomic mass is 32.2. The van der Waals surface area contributed by atoms with Gasteiger partial charge in [0, 0.05) is 25.3 Å². The molecule has 1 saturated heterocycles. The first-order valence-electron chi connectivity index (χ1n) is 6.99. The predicted octanol–water partition coefficient (Wildman–Crippen LogP) is 0.515. The van der Waals surface area contributed by atoms with Crippen LogP contribution in [0.2, 0.25) is 0 Å². The molecular weight excluding hydrogens is 292 g/mol. The average molecular weight is 312 g/mol. The molecule has 0 spiro atoms. The van der Waals surface area contributed by atoms with Gasteiger partial charge in [-0.3, -0.25) is 4.79 Å². The third kappa shape index (κ3) is 5.45. The SMILES string of the molecule is O=C(NCCS(=O)(=O)NC[C@@H]1CCCO1)c1ccccc1. The van der Waals surface area contributed by atoms with Crippen molar-refractivity contribution in [3.05, 3.63) is 35.9 Å². The van der Waals surface area contributed by atoms with Crippen molar-refractivity contribution >= 4 is 15.9 Å². The van der Waals surface area contributed by atoms with E-state index in [2.05, 4.69) is 10.0 Å². The van der Waals surface area contributed by atoms with Gasteiger partial charge in [0.25, 0.3) is 5.91 Å². The molecule has 6 nitrogen and oxygen atoms in total. The van der Waals surface area contributed by atoms with Gasteiger partial charge in [-0.25, -0.2) is 13.1 Å². The summed E-state index contributed by atoms with van der Waals surface area (Å²) < 4.78 is 31.4. The lowest BCUT2D eigenvalue weighted by atomic mass is 10.2. The van der Waals surface area contributed by atoms with Crippen LogP contribution in [-0.4, -0.2) is 45.9 Å². The van der Waals surface area contributed by atoms with Gasteiger partial charge in [0.05, 0.1) is 11.9 Å². The van der Waals surface area contributed by atoms with E-state index in [0.29, 0.717) is 18.7 Å². The van der Waals surface area contributed by atoms with Crippen LogP contribution in [0.5, 0.6) is 0 Å². The molecule has 1 amide bonds. The number of hydrogen-bond donors (Lipinski definition) is 2. The number of nitrogens with one attached hydrogen (secondary N) is 2. The third-order valence-electron chi connectivity index (χ3n) is 3.25. The second-order valence-electron chi connectivity index (χ2n) is 4.92. The van der Waals surface area contributed by atoms with Gasteiger partial charge >= 0.3 is 0 Å². The topological polar surface area (TPSA) is 84.5 Å². The van der Waals surface area contributed by atoms with Crippen molar-refractivity contribution in [2.24, 2.45) is 0 Å². The lowest BCUT2D eigenvalue weighted by Crippen LogP contribution is -2.37. The van der Waals surface area contributed by atoms with Crippen molar-refractivity contribution in [1.29, 1.82) is 0 Å². The molecule has 0 bridgehead atoms. The Morgan fingerprint density at radius 2 is 2.05 bits per heavy atom. The molecule has 1 atom stereocenters. The fourth-order valence-electron chi connectivity index (χ4n) is 2.09. The van der Waals surface area contributed by atoms with E-state index in [1.165, 1.54) is 0 Å². The van der Waals surface area contributed by atoms with Crippen LogP contribution in [0.4, 0.5) is 0 Å².